The van der Waals surface area contributed by atoms with Crippen molar-refractivity contribution in [1.29, 1.82) is 0 Å². The third-order valence-corrected chi connectivity index (χ3v) is 6.01. The summed E-state index contributed by atoms with van der Waals surface area (Å²) in [4.78, 5) is 18.6. The summed E-state index contributed by atoms with van der Waals surface area (Å²) in [5, 5.41) is 14.1. The van der Waals surface area contributed by atoms with Gasteiger partial charge in [0.2, 0.25) is 5.75 Å². The van der Waals surface area contributed by atoms with Crippen LogP contribution in [-0.2, 0) is 4.84 Å². The number of methoxy groups -OCH3 is 2. The van der Waals surface area contributed by atoms with Gasteiger partial charge in [-0.3, -0.25) is 4.79 Å². The van der Waals surface area contributed by atoms with Crippen LogP contribution in [0.4, 0.5) is 0 Å². The van der Waals surface area contributed by atoms with Crippen LogP contribution in [0.15, 0.2) is 47.6 Å². The van der Waals surface area contributed by atoms with Gasteiger partial charge >= 0.3 is 0 Å². The molecular formula is C28H40N4O5. The number of oxime groups is 1. The van der Waals surface area contributed by atoms with E-state index >= 15 is 0 Å². The maximum absolute atomic E-state index is 12.7. The fraction of sp³-hybridized carbons (Fsp3) is 0.500. The highest BCUT2D eigenvalue weighted by Crippen LogP contribution is 2.38. The lowest BCUT2D eigenvalue weighted by atomic mass is 10.1. The fourth-order valence-electron chi connectivity index (χ4n) is 4.00. The average Bonchev–Trinajstić information content (AvgIpc) is 2.92. The summed E-state index contributed by atoms with van der Waals surface area (Å²) in [5.74, 6) is 1.23. The summed E-state index contributed by atoms with van der Waals surface area (Å²) >= 11 is 0. The van der Waals surface area contributed by atoms with Crippen LogP contribution in [-0.4, -0.2) is 71.8 Å². The third kappa shape index (κ3) is 9.93. The van der Waals surface area contributed by atoms with E-state index in [-0.39, 0.29) is 12.0 Å². The van der Waals surface area contributed by atoms with Crippen molar-refractivity contribution in [2.24, 2.45) is 5.16 Å². The molecule has 0 fully saturated rings. The number of amides is 1. The molecule has 2 bridgehead atoms. The molecule has 202 valence electrons. The zero-order valence-electron chi connectivity index (χ0n) is 22.0. The minimum absolute atomic E-state index is 0.0478. The van der Waals surface area contributed by atoms with E-state index in [1.54, 1.807) is 32.6 Å². The van der Waals surface area contributed by atoms with Gasteiger partial charge in [0.15, 0.2) is 11.5 Å². The zero-order chi connectivity index (χ0) is 26.1. The molecular weight excluding hydrogens is 472 g/mol. The SMILES string of the molecule is COc1cc2cc(c1OC)OCCC[C@@H](O/N=C/c1ccccc1)CCNCCCNCCCNC2=O. The average molecular weight is 513 g/mol. The van der Waals surface area contributed by atoms with E-state index in [4.69, 9.17) is 19.0 Å². The number of nitrogens with one attached hydrogen (secondary N) is 3. The van der Waals surface area contributed by atoms with Gasteiger partial charge in [0.1, 0.15) is 6.10 Å². The molecule has 2 aromatic carbocycles. The van der Waals surface area contributed by atoms with Gasteiger partial charge in [-0.2, -0.15) is 0 Å². The molecule has 1 amide bonds. The molecule has 1 heterocycles. The zero-order valence-corrected chi connectivity index (χ0v) is 22.0. The van der Waals surface area contributed by atoms with Crippen molar-refractivity contribution in [1.82, 2.24) is 16.0 Å². The smallest absolute Gasteiger partial charge is 0.251 e. The fourth-order valence-corrected chi connectivity index (χ4v) is 4.00. The van der Waals surface area contributed by atoms with Crippen LogP contribution in [0, 0.1) is 0 Å². The Morgan fingerprint density at radius 2 is 1.68 bits per heavy atom. The second-order valence-corrected chi connectivity index (χ2v) is 8.82. The van der Waals surface area contributed by atoms with Gasteiger partial charge in [-0.1, -0.05) is 35.5 Å². The van der Waals surface area contributed by atoms with Crippen molar-refractivity contribution in [3.63, 3.8) is 0 Å². The molecule has 3 rings (SSSR count). The lowest BCUT2D eigenvalue weighted by molar-refractivity contribution is 0.0440. The molecule has 9 nitrogen and oxygen atoms in total. The molecule has 0 saturated heterocycles. The van der Waals surface area contributed by atoms with Crippen molar-refractivity contribution in [3.05, 3.63) is 53.6 Å². The maximum Gasteiger partial charge on any atom is 0.251 e. The van der Waals surface area contributed by atoms with Crippen molar-refractivity contribution >= 4 is 12.1 Å². The number of ether oxygens (including phenoxy) is 3. The Labute approximate surface area is 219 Å². The Morgan fingerprint density at radius 3 is 2.43 bits per heavy atom. The molecule has 9 heteroatoms. The second kappa shape index (κ2) is 16.4. The maximum atomic E-state index is 12.7. The number of carbonyl (C=O) groups excluding carboxylic acids is 1. The lowest BCUT2D eigenvalue weighted by Gasteiger charge is -2.18. The summed E-state index contributed by atoms with van der Waals surface area (Å²) in [6.07, 6.45) is 5.93. The first-order valence-electron chi connectivity index (χ1n) is 13.0. The van der Waals surface area contributed by atoms with Crippen molar-refractivity contribution in [3.8, 4) is 17.2 Å². The van der Waals surface area contributed by atoms with Gasteiger partial charge in [-0.15, -0.1) is 0 Å². The van der Waals surface area contributed by atoms with Crippen LogP contribution in [0.2, 0.25) is 0 Å². The monoisotopic (exact) mass is 512 g/mol. The molecule has 3 N–H and O–H groups in total. The van der Waals surface area contributed by atoms with Crippen molar-refractivity contribution in [2.45, 2.75) is 38.2 Å². The molecule has 1 aliphatic heterocycles. The van der Waals surface area contributed by atoms with E-state index in [0.717, 1.165) is 63.8 Å². The molecule has 2 aromatic rings. The Hall–Kier alpha value is -3.30. The topological polar surface area (TPSA) is 102 Å². The molecule has 1 atom stereocenters. The molecule has 0 radical (unpaired) electrons. The molecule has 37 heavy (non-hydrogen) atoms. The Bertz CT molecular complexity index is 971. The first kappa shape index (κ1) is 28.3. The Kier molecular flexibility index (Phi) is 12.6. The van der Waals surface area contributed by atoms with Crippen LogP contribution < -0.4 is 30.2 Å². The summed E-state index contributed by atoms with van der Waals surface area (Å²) in [6.45, 7) is 4.58. The first-order valence-corrected chi connectivity index (χ1v) is 13.0. The van der Waals surface area contributed by atoms with E-state index in [2.05, 4.69) is 21.1 Å². The molecule has 1 aliphatic rings. The minimum atomic E-state index is -0.172. The summed E-state index contributed by atoms with van der Waals surface area (Å²) in [5.41, 5.74) is 1.46. The number of nitrogens with zero attached hydrogens (tertiary/aromatic N) is 1. The van der Waals surface area contributed by atoms with E-state index in [1.807, 2.05) is 30.3 Å². The van der Waals surface area contributed by atoms with Crippen LogP contribution in [0.5, 0.6) is 17.2 Å². The van der Waals surface area contributed by atoms with Crippen molar-refractivity contribution in [2.75, 3.05) is 53.6 Å². The number of carbonyl (C=O) groups is 1. The van der Waals surface area contributed by atoms with Gasteiger partial charge in [-0.05, 0) is 76.0 Å². The normalized spacial score (nSPS) is 18.9. The predicted octanol–water partition coefficient (Wildman–Crippen LogP) is 3.38. The Balaban J connectivity index is 1.67. The number of hydrogen-bond donors (Lipinski definition) is 3. The standard InChI is InChI=1S/C28H40N4O5/c1-34-25-19-23-20-26(27(25)35-2)36-18-6-11-24(37-32-21-22-9-4-3-5-10-22)12-17-30-14-7-13-29-15-8-16-31-28(23)33/h3-5,9-10,19-21,24,29-30H,6-8,11-18H2,1-2H3,(H,31,33)/b32-21+/t24-/m1/s1. The quantitative estimate of drug-likeness (QED) is 0.417. The highest BCUT2D eigenvalue weighted by Gasteiger charge is 2.18. The molecule has 0 aliphatic carbocycles. The number of benzene rings is 2. The molecule has 0 aromatic heterocycles. The minimum Gasteiger partial charge on any atom is -0.493 e. The van der Waals surface area contributed by atoms with Crippen LogP contribution in [0.1, 0.15) is 48.0 Å². The Morgan fingerprint density at radius 1 is 0.919 bits per heavy atom. The molecule has 0 saturated carbocycles. The second-order valence-electron chi connectivity index (χ2n) is 8.82. The number of fused-ring (bicyclic) bond motifs is 2. The van der Waals surface area contributed by atoms with Gasteiger partial charge in [0, 0.05) is 12.1 Å². The largest absolute Gasteiger partial charge is 0.493 e. The third-order valence-electron chi connectivity index (χ3n) is 6.01. The summed E-state index contributed by atoms with van der Waals surface area (Å²) in [6, 6.07) is 13.3. The van der Waals surface area contributed by atoms with Crippen molar-refractivity contribution < 1.29 is 23.8 Å². The van der Waals surface area contributed by atoms with E-state index in [9.17, 15) is 4.79 Å². The van der Waals surface area contributed by atoms with Gasteiger partial charge in [0.25, 0.3) is 5.91 Å². The van der Waals surface area contributed by atoms with Gasteiger partial charge < -0.3 is 35.0 Å². The van der Waals surface area contributed by atoms with E-state index in [1.165, 1.54) is 0 Å². The molecule has 0 unspecified atom stereocenters. The first-order chi connectivity index (χ1) is 18.2. The summed E-state index contributed by atoms with van der Waals surface area (Å²) in [7, 11) is 3.11. The van der Waals surface area contributed by atoms with Crippen LogP contribution in [0.3, 0.4) is 0 Å². The van der Waals surface area contributed by atoms with Crippen LogP contribution >= 0.6 is 0 Å². The van der Waals surface area contributed by atoms with Gasteiger partial charge in [-0.25, -0.2) is 0 Å². The highest BCUT2D eigenvalue weighted by atomic mass is 16.6. The van der Waals surface area contributed by atoms with E-state index in [0.29, 0.717) is 36.0 Å². The lowest BCUT2D eigenvalue weighted by Crippen LogP contribution is -2.29. The van der Waals surface area contributed by atoms with Crippen LogP contribution in [0.25, 0.3) is 0 Å². The number of rotatable bonds is 5. The number of hydrogen-bond acceptors (Lipinski definition) is 8. The molecule has 0 spiro atoms. The van der Waals surface area contributed by atoms with Gasteiger partial charge in [0.05, 0.1) is 27.0 Å². The van der Waals surface area contributed by atoms with E-state index < -0.39 is 0 Å². The predicted molar refractivity (Wildman–Crippen MR) is 145 cm³/mol. The summed E-state index contributed by atoms with van der Waals surface area (Å²) < 4.78 is 17.0. The highest BCUT2D eigenvalue weighted by molar-refractivity contribution is 5.95.